The molecule has 1 aromatic carbocycles. The molecule has 0 bridgehead atoms. The van der Waals surface area contributed by atoms with Crippen molar-refractivity contribution in [2.75, 3.05) is 13.7 Å². The van der Waals surface area contributed by atoms with Gasteiger partial charge >= 0.3 is 6.18 Å². The number of carbonyl (C=O) groups is 1. The number of hydrogen-bond donors (Lipinski definition) is 2. The molecule has 32 heavy (non-hydrogen) atoms. The van der Waals surface area contributed by atoms with Gasteiger partial charge in [0.2, 0.25) is 0 Å². The van der Waals surface area contributed by atoms with Crippen LogP contribution in [0.4, 0.5) is 13.2 Å². The minimum atomic E-state index is -4.72. The molecule has 0 unspecified atom stereocenters. The van der Waals surface area contributed by atoms with Crippen molar-refractivity contribution < 1.29 is 29.2 Å². The predicted octanol–water partition coefficient (Wildman–Crippen LogP) is 3.95. The highest BCUT2D eigenvalue weighted by Gasteiger charge is 2.34. The summed E-state index contributed by atoms with van der Waals surface area (Å²) in [7, 11) is 1.43. The number of aromatic nitrogens is 3. The smallest absolute Gasteiger partial charge is 0.433 e. The van der Waals surface area contributed by atoms with Gasteiger partial charge in [-0.15, -0.1) is 0 Å². The van der Waals surface area contributed by atoms with E-state index in [2.05, 4.69) is 10.1 Å². The molecule has 4 rings (SSSR count). The Kier molecular flexibility index (Phi) is 5.46. The predicted molar refractivity (Wildman–Crippen MR) is 111 cm³/mol. The zero-order valence-corrected chi connectivity index (χ0v) is 17.3. The third-order valence-electron chi connectivity index (χ3n) is 5.79. The third-order valence-corrected chi connectivity index (χ3v) is 5.79. The summed E-state index contributed by atoms with van der Waals surface area (Å²) in [6, 6.07) is 4.17. The standard InChI is InChI=1S/C22H23F3N4O3/c1-32-17-9-13(16-6-7-18(22(23,24)25)27-20(16)21(26)31)8-14-10-29(28-19(14)17)15-4-2-12(11-30)3-5-15/h6-10,12,15,30H,2-5,11H2,1H3,(H2,26,31)/i15D. The van der Waals surface area contributed by atoms with Gasteiger partial charge in [-0.05, 0) is 61.4 Å². The lowest BCUT2D eigenvalue weighted by Crippen LogP contribution is -2.20. The van der Waals surface area contributed by atoms with Crippen LogP contribution in [0.25, 0.3) is 22.0 Å². The van der Waals surface area contributed by atoms with Crippen LogP contribution in [0.3, 0.4) is 0 Å². The molecule has 10 heteroatoms. The van der Waals surface area contributed by atoms with Gasteiger partial charge in [-0.1, -0.05) is 0 Å². The fourth-order valence-electron chi connectivity index (χ4n) is 4.04. The van der Waals surface area contributed by atoms with Gasteiger partial charge in [-0.3, -0.25) is 9.48 Å². The van der Waals surface area contributed by atoms with Crippen molar-refractivity contribution in [2.45, 2.75) is 37.9 Å². The zero-order chi connectivity index (χ0) is 24.0. The topological polar surface area (TPSA) is 103 Å². The summed E-state index contributed by atoms with van der Waals surface area (Å²) in [5, 5.41) is 14.5. The molecule has 0 spiro atoms. The largest absolute Gasteiger partial charge is 0.494 e. The van der Waals surface area contributed by atoms with E-state index in [-0.39, 0.29) is 18.1 Å². The molecular formula is C22H23F3N4O3. The summed E-state index contributed by atoms with van der Waals surface area (Å²) in [5.41, 5.74) is 4.62. The van der Waals surface area contributed by atoms with E-state index in [1.165, 1.54) is 7.11 Å². The van der Waals surface area contributed by atoms with E-state index in [9.17, 15) is 23.1 Å². The Hall–Kier alpha value is -3.14. The number of hydrogen-bond acceptors (Lipinski definition) is 5. The Bertz CT molecular complexity index is 1200. The fraction of sp³-hybridized carbons (Fsp3) is 0.409. The van der Waals surface area contributed by atoms with E-state index in [0.717, 1.165) is 12.1 Å². The molecule has 1 fully saturated rings. The summed E-state index contributed by atoms with van der Waals surface area (Å²) < 4.78 is 55.1. The summed E-state index contributed by atoms with van der Waals surface area (Å²) in [6.45, 7) is 0.0949. The van der Waals surface area contributed by atoms with Crippen LogP contribution in [-0.2, 0) is 6.18 Å². The molecule has 170 valence electrons. The second-order valence-electron chi connectivity index (χ2n) is 7.84. The number of ether oxygens (including phenoxy) is 1. The summed E-state index contributed by atoms with van der Waals surface area (Å²) in [5.74, 6) is -0.574. The fourth-order valence-corrected chi connectivity index (χ4v) is 4.04. The number of carbonyl (C=O) groups excluding carboxylic acids is 1. The van der Waals surface area contributed by atoms with Crippen LogP contribution >= 0.6 is 0 Å². The van der Waals surface area contributed by atoms with Crippen molar-refractivity contribution in [3.05, 3.63) is 41.9 Å². The van der Waals surface area contributed by atoms with Crippen LogP contribution in [0.15, 0.2) is 30.5 Å². The minimum absolute atomic E-state index is 0.0949. The first-order valence-electron chi connectivity index (χ1n) is 10.6. The number of benzene rings is 1. The minimum Gasteiger partial charge on any atom is -0.494 e. The van der Waals surface area contributed by atoms with Gasteiger partial charge in [0, 0.05) is 23.8 Å². The third kappa shape index (κ3) is 4.14. The van der Waals surface area contributed by atoms with Crippen molar-refractivity contribution in [1.82, 2.24) is 14.8 Å². The number of amides is 1. The van der Waals surface area contributed by atoms with Crippen LogP contribution < -0.4 is 10.5 Å². The Morgan fingerprint density at radius 3 is 2.62 bits per heavy atom. The van der Waals surface area contributed by atoms with Gasteiger partial charge in [-0.2, -0.15) is 18.3 Å². The monoisotopic (exact) mass is 449 g/mol. The Labute approximate surface area is 183 Å². The van der Waals surface area contributed by atoms with E-state index in [0.29, 0.717) is 47.9 Å². The van der Waals surface area contributed by atoms with E-state index in [1.807, 2.05) is 0 Å². The average molecular weight is 449 g/mol. The van der Waals surface area contributed by atoms with E-state index < -0.39 is 29.5 Å². The van der Waals surface area contributed by atoms with Crippen molar-refractivity contribution >= 4 is 16.8 Å². The van der Waals surface area contributed by atoms with Crippen molar-refractivity contribution in [3.63, 3.8) is 0 Å². The van der Waals surface area contributed by atoms with Gasteiger partial charge in [-0.25, -0.2) is 4.98 Å². The number of halogens is 3. The second-order valence-corrected chi connectivity index (χ2v) is 7.84. The molecule has 0 atom stereocenters. The number of methoxy groups -OCH3 is 1. The number of primary amides is 1. The highest BCUT2D eigenvalue weighted by molar-refractivity contribution is 6.00. The Morgan fingerprint density at radius 1 is 1.31 bits per heavy atom. The molecule has 1 aliphatic carbocycles. The number of nitrogens with two attached hydrogens (primary N) is 1. The molecule has 1 saturated carbocycles. The lowest BCUT2D eigenvalue weighted by Gasteiger charge is -2.27. The molecule has 3 N–H and O–H groups in total. The number of aliphatic hydroxyl groups excluding tert-OH is 1. The number of alkyl halides is 3. The number of aliphatic hydroxyl groups is 1. The first-order chi connectivity index (χ1) is 15.6. The molecule has 0 aliphatic heterocycles. The van der Waals surface area contributed by atoms with E-state index in [1.54, 1.807) is 23.0 Å². The Morgan fingerprint density at radius 2 is 2.03 bits per heavy atom. The Balaban J connectivity index is 1.80. The lowest BCUT2D eigenvalue weighted by atomic mass is 9.87. The molecule has 2 aromatic heterocycles. The van der Waals surface area contributed by atoms with Gasteiger partial charge in [0.1, 0.15) is 22.7 Å². The van der Waals surface area contributed by atoms with Crippen LogP contribution in [0.1, 0.15) is 49.3 Å². The van der Waals surface area contributed by atoms with Gasteiger partial charge in [0.05, 0.1) is 14.5 Å². The van der Waals surface area contributed by atoms with Crippen molar-refractivity contribution in [3.8, 4) is 16.9 Å². The molecular weight excluding hydrogens is 425 g/mol. The number of nitrogens with zero attached hydrogens (tertiary/aromatic N) is 3. The summed E-state index contributed by atoms with van der Waals surface area (Å²) in [4.78, 5) is 15.3. The summed E-state index contributed by atoms with van der Waals surface area (Å²) in [6.07, 6.45) is -0.570. The molecule has 3 aromatic rings. The normalized spacial score (nSPS) is 22.0. The maximum Gasteiger partial charge on any atom is 0.433 e. The number of pyridine rings is 1. The van der Waals surface area contributed by atoms with E-state index >= 15 is 0 Å². The van der Waals surface area contributed by atoms with Crippen LogP contribution in [0, 0.1) is 5.92 Å². The van der Waals surface area contributed by atoms with Gasteiger partial charge in [0.15, 0.2) is 0 Å². The molecule has 0 radical (unpaired) electrons. The first-order valence-corrected chi connectivity index (χ1v) is 10.1. The highest BCUT2D eigenvalue weighted by atomic mass is 19.4. The van der Waals surface area contributed by atoms with E-state index in [4.69, 9.17) is 11.8 Å². The molecule has 7 nitrogen and oxygen atoms in total. The highest BCUT2D eigenvalue weighted by Crippen LogP contribution is 2.37. The molecule has 2 heterocycles. The number of rotatable bonds is 5. The number of fused-ring (bicyclic) bond motifs is 1. The lowest BCUT2D eigenvalue weighted by molar-refractivity contribution is -0.141. The van der Waals surface area contributed by atoms with Gasteiger partial charge in [0.25, 0.3) is 5.91 Å². The molecule has 0 saturated heterocycles. The quantitative estimate of drug-likeness (QED) is 0.614. The maximum atomic E-state index is 13.1. The zero-order valence-electron chi connectivity index (χ0n) is 18.3. The average Bonchev–Trinajstić information content (AvgIpc) is 3.23. The maximum absolute atomic E-state index is 13.1. The van der Waals surface area contributed by atoms with Crippen molar-refractivity contribution in [2.24, 2.45) is 11.7 Å². The molecule has 1 amide bonds. The first kappa shape index (κ1) is 20.7. The van der Waals surface area contributed by atoms with Gasteiger partial charge < -0.3 is 15.6 Å². The van der Waals surface area contributed by atoms with Crippen LogP contribution in [0.2, 0.25) is 0 Å². The van der Waals surface area contributed by atoms with Crippen molar-refractivity contribution in [1.29, 1.82) is 0 Å². The van der Waals surface area contributed by atoms with Crippen LogP contribution in [-0.4, -0.2) is 39.5 Å². The van der Waals surface area contributed by atoms with Crippen LogP contribution in [0.5, 0.6) is 5.75 Å². The summed E-state index contributed by atoms with van der Waals surface area (Å²) >= 11 is 0. The second kappa shape index (κ2) is 8.42. The SMILES string of the molecule is [2H]C1(n2cc3cc(-c4ccc(C(F)(F)F)nc4C(N)=O)cc(OC)c3n2)CCC(CO)CC1. The molecule has 1 aliphatic rings.